The number of aliphatic hydroxyl groups is 5. The molecule has 0 bridgehead atoms. The van der Waals surface area contributed by atoms with Crippen LogP contribution in [0.4, 0.5) is 0 Å². The van der Waals surface area contributed by atoms with Crippen molar-refractivity contribution in [2.24, 2.45) is 11.8 Å². The normalized spacial score (nSPS) is 58.8. The second-order valence-corrected chi connectivity index (χ2v) is 6.90. The van der Waals surface area contributed by atoms with Gasteiger partial charge in [-0.25, -0.2) is 0 Å². The van der Waals surface area contributed by atoms with E-state index in [9.17, 15) is 25.5 Å². The lowest BCUT2D eigenvalue weighted by Gasteiger charge is -2.42. The molecule has 136 valence electrons. The summed E-state index contributed by atoms with van der Waals surface area (Å²) in [6.07, 6.45) is -5.19. The minimum absolute atomic E-state index is 0.293. The van der Waals surface area contributed by atoms with Crippen LogP contribution in [-0.2, 0) is 18.9 Å². The van der Waals surface area contributed by atoms with Crippen molar-refractivity contribution in [1.29, 1.82) is 0 Å². The zero-order valence-corrected chi connectivity index (χ0v) is 13.0. The number of rotatable bonds is 3. The molecule has 1 saturated carbocycles. The number of aliphatic hydroxyl groups excluding tert-OH is 5. The Morgan fingerprint density at radius 1 is 1.04 bits per heavy atom. The third kappa shape index (κ3) is 2.17. The van der Waals surface area contributed by atoms with Crippen molar-refractivity contribution < 1.29 is 44.5 Å². The predicted octanol–water partition coefficient (Wildman–Crippen LogP) is -2.56. The molecule has 1 aliphatic carbocycles. The molecule has 9 heteroatoms. The van der Waals surface area contributed by atoms with Crippen LogP contribution >= 0.6 is 0 Å². The van der Waals surface area contributed by atoms with Crippen molar-refractivity contribution in [1.82, 2.24) is 0 Å². The highest BCUT2D eigenvalue weighted by atomic mass is 16.8. The van der Waals surface area contributed by atoms with Gasteiger partial charge in [0.2, 0.25) is 6.29 Å². The van der Waals surface area contributed by atoms with Crippen LogP contribution in [0.5, 0.6) is 0 Å². The summed E-state index contributed by atoms with van der Waals surface area (Å²) in [6, 6.07) is 0. The Balaban J connectivity index is 1.53. The Kier molecular flexibility index (Phi) is 3.90. The summed E-state index contributed by atoms with van der Waals surface area (Å²) in [5, 5.41) is 49.7. The van der Waals surface area contributed by atoms with Crippen molar-refractivity contribution in [3.8, 4) is 0 Å². The van der Waals surface area contributed by atoms with E-state index in [-0.39, 0.29) is 12.5 Å². The minimum atomic E-state index is -1.46. The highest BCUT2D eigenvalue weighted by Crippen LogP contribution is 2.59. The molecular formula is C15H22O9. The Morgan fingerprint density at radius 3 is 2.50 bits per heavy atom. The standard InChI is InChI=1S/C15H22O9/c1-5-8(17)10(19)11(20)14(22-5)23-13-7-6(2-3-21-13)9(18)12-15(7,4-16)24-12/h2-3,5-14,16-20H,4H2,1H3. The predicted molar refractivity (Wildman–Crippen MR) is 75.1 cm³/mol. The third-order valence-electron chi connectivity index (χ3n) is 5.58. The van der Waals surface area contributed by atoms with E-state index in [0.717, 1.165) is 0 Å². The lowest BCUT2D eigenvalue weighted by Crippen LogP contribution is -2.59. The van der Waals surface area contributed by atoms with Gasteiger partial charge in [0.05, 0.1) is 31.0 Å². The van der Waals surface area contributed by atoms with Gasteiger partial charge in [0.25, 0.3) is 0 Å². The summed E-state index contributed by atoms with van der Waals surface area (Å²) in [5.41, 5.74) is -0.942. The van der Waals surface area contributed by atoms with Crippen LogP contribution in [0.2, 0.25) is 0 Å². The Labute approximate surface area is 138 Å². The topological polar surface area (TPSA) is 141 Å². The average Bonchev–Trinajstić information content (AvgIpc) is 3.27. The van der Waals surface area contributed by atoms with Crippen molar-refractivity contribution in [2.75, 3.05) is 6.61 Å². The van der Waals surface area contributed by atoms with Crippen molar-refractivity contribution in [2.45, 2.75) is 61.7 Å². The Morgan fingerprint density at radius 2 is 1.79 bits per heavy atom. The molecule has 0 aromatic carbocycles. The third-order valence-corrected chi connectivity index (χ3v) is 5.58. The zero-order chi connectivity index (χ0) is 17.2. The van der Waals surface area contributed by atoms with Gasteiger partial charge in [0, 0.05) is 5.92 Å². The van der Waals surface area contributed by atoms with Crippen LogP contribution < -0.4 is 0 Å². The molecule has 0 aromatic heterocycles. The van der Waals surface area contributed by atoms with E-state index < -0.39 is 60.7 Å². The van der Waals surface area contributed by atoms with Gasteiger partial charge in [-0.15, -0.1) is 0 Å². The van der Waals surface area contributed by atoms with E-state index >= 15 is 0 Å². The molecule has 11 atom stereocenters. The summed E-state index contributed by atoms with van der Waals surface area (Å²) in [7, 11) is 0. The highest BCUT2D eigenvalue weighted by molar-refractivity contribution is 5.24. The SMILES string of the molecule is CC1OC(OC2OC=CC3C(O)C4OC4(CO)C23)C(O)C(O)C1O. The number of fused-ring (bicyclic) bond motifs is 3. The molecule has 0 spiro atoms. The van der Waals surface area contributed by atoms with E-state index in [0.29, 0.717) is 0 Å². The van der Waals surface area contributed by atoms with Crippen LogP contribution in [0.15, 0.2) is 12.3 Å². The maximum atomic E-state index is 10.3. The largest absolute Gasteiger partial charge is 0.472 e. The molecule has 3 heterocycles. The highest BCUT2D eigenvalue weighted by Gasteiger charge is 2.75. The number of hydrogen-bond donors (Lipinski definition) is 5. The molecule has 0 amide bonds. The second-order valence-electron chi connectivity index (χ2n) is 6.90. The summed E-state index contributed by atoms with van der Waals surface area (Å²) >= 11 is 0. The molecule has 24 heavy (non-hydrogen) atoms. The molecule has 4 rings (SSSR count). The fraction of sp³-hybridized carbons (Fsp3) is 0.867. The van der Waals surface area contributed by atoms with E-state index in [1.54, 1.807) is 13.0 Å². The first kappa shape index (κ1) is 16.7. The molecular weight excluding hydrogens is 324 g/mol. The average molecular weight is 346 g/mol. The van der Waals surface area contributed by atoms with Gasteiger partial charge in [-0.2, -0.15) is 0 Å². The molecule has 3 aliphatic heterocycles. The van der Waals surface area contributed by atoms with Crippen molar-refractivity contribution in [3.05, 3.63) is 12.3 Å². The van der Waals surface area contributed by atoms with Gasteiger partial charge >= 0.3 is 0 Å². The van der Waals surface area contributed by atoms with E-state index in [2.05, 4.69) is 0 Å². The first-order valence-corrected chi connectivity index (χ1v) is 8.04. The molecule has 4 aliphatic rings. The lowest BCUT2D eigenvalue weighted by atomic mass is 9.85. The molecule has 3 fully saturated rings. The number of hydrogen-bond acceptors (Lipinski definition) is 9. The maximum Gasteiger partial charge on any atom is 0.208 e. The molecule has 0 aromatic rings. The van der Waals surface area contributed by atoms with Crippen LogP contribution in [0.3, 0.4) is 0 Å². The molecule has 9 nitrogen and oxygen atoms in total. The summed E-state index contributed by atoms with van der Waals surface area (Å²) in [5.74, 6) is -0.800. The zero-order valence-electron chi connectivity index (χ0n) is 13.0. The van der Waals surface area contributed by atoms with Crippen LogP contribution in [0, 0.1) is 11.8 Å². The Bertz CT molecular complexity index is 527. The van der Waals surface area contributed by atoms with Gasteiger partial charge in [-0.1, -0.05) is 0 Å². The van der Waals surface area contributed by atoms with Crippen molar-refractivity contribution in [3.63, 3.8) is 0 Å². The maximum absolute atomic E-state index is 10.3. The molecule has 2 saturated heterocycles. The molecule has 11 unspecified atom stereocenters. The van der Waals surface area contributed by atoms with Crippen LogP contribution in [-0.4, -0.2) is 86.9 Å². The first-order valence-electron chi connectivity index (χ1n) is 8.04. The quantitative estimate of drug-likeness (QED) is 0.349. The van der Waals surface area contributed by atoms with Gasteiger partial charge in [-0.3, -0.25) is 0 Å². The lowest BCUT2D eigenvalue weighted by molar-refractivity contribution is -0.339. The monoisotopic (exact) mass is 346 g/mol. The van der Waals surface area contributed by atoms with Gasteiger partial charge in [0.15, 0.2) is 6.29 Å². The first-order chi connectivity index (χ1) is 11.4. The van der Waals surface area contributed by atoms with Gasteiger partial charge in [0.1, 0.15) is 30.0 Å². The summed E-state index contributed by atoms with van der Waals surface area (Å²) in [6.45, 7) is 1.26. The Hall–Kier alpha value is -0.780. The minimum Gasteiger partial charge on any atom is -0.472 e. The van der Waals surface area contributed by atoms with Gasteiger partial charge in [-0.05, 0) is 13.0 Å². The fourth-order valence-electron chi connectivity index (χ4n) is 4.12. The van der Waals surface area contributed by atoms with Gasteiger partial charge < -0.3 is 44.5 Å². The number of epoxide rings is 1. The van der Waals surface area contributed by atoms with E-state index in [1.807, 2.05) is 0 Å². The molecule has 0 radical (unpaired) electrons. The number of ether oxygens (including phenoxy) is 4. The summed E-state index contributed by atoms with van der Waals surface area (Å²) < 4.78 is 22.1. The second kappa shape index (κ2) is 5.61. The van der Waals surface area contributed by atoms with Crippen molar-refractivity contribution >= 4 is 0 Å². The van der Waals surface area contributed by atoms with E-state index in [4.69, 9.17) is 18.9 Å². The smallest absolute Gasteiger partial charge is 0.208 e. The van der Waals surface area contributed by atoms with Crippen LogP contribution in [0.1, 0.15) is 6.92 Å². The summed E-state index contributed by atoms with van der Waals surface area (Å²) in [4.78, 5) is 0. The van der Waals surface area contributed by atoms with Crippen LogP contribution in [0.25, 0.3) is 0 Å². The fourth-order valence-corrected chi connectivity index (χ4v) is 4.12. The molecule has 5 N–H and O–H groups in total. The van der Waals surface area contributed by atoms with E-state index in [1.165, 1.54) is 6.26 Å².